The molecule has 0 unspecified atom stereocenters. The number of hydrogen-bond donors (Lipinski definition) is 24. The number of H-pyrrole nitrogens is 1. The maximum Gasteiger partial charge on any atom is 0.303 e. The molecule has 0 fully saturated rings. The number of amides is 15. The summed E-state index contributed by atoms with van der Waals surface area (Å²) in [5.74, 6) is -21.3. The lowest BCUT2D eigenvalue weighted by Gasteiger charge is -2.29. The second kappa shape index (κ2) is 62.8. The predicted molar refractivity (Wildman–Crippen MR) is 494 cm³/mol. The number of aromatic nitrogens is 1. The predicted octanol–water partition coefficient (Wildman–Crippen LogP) is 0.235. The zero-order valence-electron chi connectivity index (χ0n) is 79.3. The molecule has 0 spiro atoms. The van der Waals surface area contributed by atoms with Crippen molar-refractivity contribution in [3.05, 3.63) is 36.0 Å². The highest BCUT2D eigenvalue weighted by molar-refractivity contribution is 6.01. The Balaban J connectivity index is 2.64. The van der Waals surface area contributed by atoms with Gasteiger partial charge in [-0.05, 0) is 208 Å². The molecule has 0 saturated heterocycles. The summed E-state index contributed by atoms with van der Waals surface area (Å²) >= 11 is 0. The van der Waals surface area contributed by atoms with Gasteiger partial charge < -0.3 is 129 Å². The number of hydrogen-bond acceptors (Lipinski definition) is 23. The molecule has 0 aliphatic rings. The molecule has 43 heteroatoms. The van der Waals surface area contributed by atoms with Gasteiger partial charge in [0.25, 0.3) is 0 Å². The van der Waals surface area contributed by atoms with Gasteiger partial charge in [-0.1, -0.05) is 101 Å². The van der Waals surface area contributed by atoms with Crippen molar-refractivity contribution in [2.24, 2.45) is 64.2 Å². The van der Waals surface area contributed by atoms with Crippen molar-refractivity contribution in [2.45, 2.75) is 341 Å². The highest BCUT2D eigenvalue weighted by Crippen LogP contribution is 2.22. The van der Waals surface area contributed by atoms with Gasteiger partial charge in [0.1, 0.15) is 84.6 Å². The van der Waals surface area contributed by atoms with Crippen molar-refractivity contribution in [1.29, 1.82) is 0 Å². The third kappa shape index (κ3) is 47.6. The summed E-state index contributed by atoms with van der Waals surface area (Å²) in [7, 11) is 0. The number of primary amides is 1. The average molecular weight is 1880 g/mol. The molecular formula is C90H152N20O23. The second-order valence-electron chi connectivity index (χ2n) is 36.5. The van der Waals surface area contributed by atoms with E-state index >= 15 is 0 Å². The minimum absolute atomic E-state index is 0.00914. The minimum atomic E-state index is -1.76. The van der Waals surface area contributed by atoms with Gasteiger partial charge in [-0.25, -0.2) is 0 Å². The van der Waals surface area contributed by atoms with Gasteiger partial charge >= 0.3 is 23.9 Å². The maximum atomic E-state index is 14.9. The molecule has 0 aliphatic heterocycles. The molecule has 750 valence electrons. The van der Waals surface area contributed by atoms with Crippen LogP contribution in [-0.4, -0.2) is 249 Å². The fraction of sp³-hybridized carbons (Fsp3) is 0.700. The fourth-order valence-corrected chi connectivity index (χ4v) is 14.6. The maximum absolute atomic E-state index is 14.9. The van der Waals surface area contributed by atoms with Crippen LogP contribution in [0.5, 0.6) is 0 Å². The van der Waals surface area contributed by atoms with E-state index in [1.807, 2.05) is 0 Å². The number of carbonyl (C=O) groups is 19. The summed E-state index contributed by atoms with van der Waals surface area (Å²) in [5, 5.41) is 76.4. The first-order valence-electron chi connectivity index (χ1n) is 46.4. The van der Waals surface area contributed by atoms with Gasteiger partial charge in [-0.15, -0.1) is 0 Å². The van der Waals surface area contributed by atoms with Gasteiger partial charge in [0, 0.05) is 49.2 Å². The second-order valence-corrected chi connectivity index (χ2v) is 36.5. The Labute approximate surface area is 778 Å². The third-order valence-electron chi connectivity index (χ3n) is 21.5. The standard InChI is InChI=1S/C90H152N20O23/c1-49(2)41-65(84(127)98-58(77(95)120)25-15-19-37-91)109-90(133)71(47-55-48-96-57-24-14-13-23-56(55)57)110-83(126)64(31-35-75(116)117)103-87(130)68(44-52(7)8)107-88(131)69(45-53(9)10)105-80(123)61(28-18-22-40-94)99-81(124)62(29-33-73(112)113)102-86(129)67(43-51(5)6)108-89(132)70(46-54(11)12)106-82(125)63(30-34-74(114)115)101-79(122)60(27-17-21-39-93)100-85(128)66(42-50(3)4)104-78(121)59(26-16-20-38-92)97-72(111)32-36-76(118)119/h13-14,23-24,48-54,58-71,96H,15-22,25-47,91-94H2,1-12H3,(H2,95,120)(H,97,111)(H,98,127)(H,99,124)(H,100,128)(H,101,122)(H,102,129)(H,103,130)(H,104,121)(H,105,123)(H,106,125)(H,107,131)(H,108,132)(H,109,133)(H,110,126)(H,112,113)(H,114,115)(H,116,117)(H,118,119)/t58-,59-,60-,61-,62-,63-,64-,65-,66-,67-,68-,69-,70-,71-/m0/s1. The number of carboxylic acid groups (broad SMARTS) is 4. The largest absolute Gasteiger partial charge is 0.481 e. The van der Waals surface area contributed by atoms with Crippen LogP contribution in [0.3, 0.4) is 0 Å². The molecular weight excluding hydrogens is 1730 g/mol. The number of nitrogens with one attached hydrogen (secondary N) is 15. The van der Waals surface area contributed by atoms with Crippen molar-refractivity contribution in [1.82, 2.24) is 79.4 Å². The monoisotopic (exact) mass is 1880 g/mol. The molecule has 2 aromatic rings. The molecule has 1 heterocycles. The van der Waals surface area contributed by atoms with Crippen LogP contribution in [-0.2, 0) is 97.5 Å². The number of unbranched alkanes of at least 4 members (excludes halogenated alkanes) is 4. The van der Waals surface area contributed by atoms with E-state index in [1.165, 1.54) is 0 Å². The number of fused-ring (bicyclic) bond motifs is 1. The van der Waals surface area contributed by atoms with Crippen LogP contribution in [0.15, 0.2) is 30.5 Å². The summed E-state index contributed by atoms with van der Waals surface area (Å²) in [5.41, 5.74) is 29.9. The number of aliphatic carboxylic acids is 4. The first-order valence-corrected chi connectivity index (χ1v) is 46.4. The third-order valence-corrected chi connectivity index (χ3v) is 21.5. The summed E-state index contributed by atoms with van der Waals surface area (Å²) in [6.45, 7) is 21.6. The van der Waals surface area contributed by atoms with Crippen LogP contribution in [0, 0.1) is 35.5 Å². The SMILES string of the molecule is CC(C)C[C@H](NC(=O)[C@H](Cc1c[nH]c2ccccc12)NC(=O)[C@H](CCC(=O)O)NC(=O)[C@H](CC(C)C)NC(=O)[C@H](CC(C)C)NC(=O)[C@H](CCCCN)NC(=O)[C@H](CCC(=O)O)NC(=O)[C@H](CC(C)C)NC(=O)[C@H](CC(C)C)NC(=O)[C@H](CCC(=O)O)NC(=O)[C@H](CCCCN)NC(=O)[C@H](CC(C)C)NC(=O)[C@H](CCCCN)NC(=O)CCC(=O)O)C(=O)N[C@@H](CCCCN)C(N)=O. The van der Waals surface area contributed by atoms with E-state index in [-0.39, 0.29) is 127 Å². The molecule has 2 rings (SSSR count). The van der Waals surface area contributed by atoms with E-state index in [0.29, 0.717) is 61.5 Å². The number of rotatable bonds is 70. The van der Waals surface area contributed by atoms with Crippen LogP contribution < -0.4 is 103 Å². The summed E-state index contributed by atoms with van der Waals surface area (Å²) in [6, 6.07) is -13.6. The normalized spacial score (nSPS) is 14.6. The van der Waals surface area contributed by atoms with Crippen molar-refractivity contribution >= 4 is 123 Å². The van der Waals surface area contributed by atoms with Crippen molar-refractivity contribution in [3.8, 4) is 0 Å². The molecule has 43 nitrogen and oxygen atoms in total. The molecule has 0 bridgehead atoms. The zero-order valence-corrected chi connectivity index (χ0v) is 79.3. The summed E-state index contributed by atoms with van der Waals surface area (Å²) < 4.78 is 0. The number of para-hydroxylation sites is 1. The van der Waals surface area contributed by atoms with Gasteiger partial charge in [0.05, 0.1) is 6.42 Å². The Hall–Kier alpha value is -11.5. The Morgan fingerprint density at radius 3 is 0.744 bits per heavy atom. The summed E-state index contributed by atoms with van der Waals surface area (Å²) in [4.78, 5) is 266. The zero-order chi connectivity index (χ0) is 100. The van der Waals surface area contributed by atoms with Crippen LogP contribution >= 0.6 is 0 Å². The molecule has 0 radical (unpaired) electrons. The number of benzene rings is 1. The van der Waals surface area contributed by atoms with Gasteiger partial charge in [-0.2, -0.15) is 0 Å². The lowest BCUT2D eigenvalue weighted by Crippen LogP contribution is -2.61. The van der Waals surface area contributed by atoms with E-state index in [0.717, 1.165) is 0 Å². The average Bonchev–Trinajstić information content (AvgIpc) is 1.76. The summed E-state index contributed by atoms with van der Waals surface area (Å²) in [6.07, 6.45) is -0.986. The lowest BCUT2D eigenvalue weighted by atomic mass is 9.98. The number of carboxylic acids is 4. The molecule has 133 heavy (non-hydrogen) atoms. The van der Waals surface area contributed by atoms with Gasteiger partial charge in [0.2, 0.25) is 88.6 Å². The lowest BCUT2D eigenvalue weighted by molar-refractivity contribution is -0.139. The number of aromatic amines is 1. The van der Waals surface area contributed by atoms with E-state index in [1.54, 1.807) is 114 Å². The van der Waals surface area contributed by atoms with Crippen LogP contribution in [0.2, 0.25) is 0 Å². The molecule has 0 aliphatic carbocycles. The van der Waals surface area contributed by atoms with Crippen LogP contribution in [0.1, 0.15) is 256 Å². The molecule has 29 N–H and O–H groups in total. The van der Waals surface area contributed by atoms with E-state index < -0.39 is 260 Å². The molecule has 15 amide bonds. The Kier molecular flexibility index (Phi) is 55.6. The van der Waals surface area contributed by atoms with Gasteiger partial charge in [0.15, 0.2) is 0 Å². The van der Waals surface area contributed by atoms with Crippen molar-refractivity contribution < 1.29 is 112 Å². The molecule has 0 saturated carbocycles. The van der Waals surface area contributed by atoms with E-state index in [4.69, 9.17) is 33.8 Å². The first-order chi connectivity index (χ1) is 62.6. The smallest absolute Gasteiger partial charge is 0.303 e. The van der Waals surface area contributed by atoms with E-state index in [2.05, 4.69) is 79.4 Å². The quantitative estimate of drug-likeness (QED) is 0.0394. The fourth-order valence-electron chi connectivity index (χ4n) is 14.6. The Morgan fingerprint density at radius 1 is 0.271 bits per heavy atom. The highest BCUT2D eigenvalue weighted by atomic mass is 16.4. The number of nitrogens with two attached hydrogens (primary N) is 5. The minimum Gasteiger partial charge on any atom is -0.481 e. The Morgan fingerprint density at radius 2 is 0.489 bits per heavy atom. The van der Waals surface area contributed by atoms with Crippen molar-refractivity contribution in [3.63, 3.8) is 0 Å². The van der Waals surface area contributed by atoms with Gasteiger partial charge in [-0.3, -0.25) is 91.1 Å². The van der Waals surface area contributed by atoms with Crippen LogP contribution in [0.25, 0.3) is 10.9 Å². The Bertz CT molecular complexity index is 4120. The number of carbonyl (C=O) groups excluding carboxylic acids is 15. The highest BCUT2D eigenvalue weighted by Gasteiger charge is 2.40. The molecule has 1 aromatic carbocycles. The topological polar surface area (TPSA) is 720 Å². The molecule has 1 aromatic heterocycles. The first kappa shape index (κ1) is 118. The molecule has 14 atom stereocenters. The van der Waals surface area contributed by atoms with Crippen LogP contribution in [0.4, 0.5) is 0 Å². The van der Waals surface area contributed by atoms with E-state index in [9.17, 15) is 106 Å². The van der Waals surface area contributed by atoms with Crippen molar-refractivity contribution in [2.75, 3.05) is 26.2 Å².